The maximum absolute atomic E-state index is 12.5. The Morgan fingerprint density at radius 1 is 1.25 bits per heavy atom. The summed E-state index contributed by atoms with van der Waals surface area (Å²) < 4.78 is 0. The van der Waals surface area contributed by atoms with Crippen molar-refractivity contribution in [3.63, 3.8) is 0 Å². The standard InChI is InChI=1S/C20H33N3O/c1-16(18-9-11-21-12-10-18)13-20(24)22-19(15-23(2)3)14-17-7-5-4-6-8-17/h4-8,16,18-19,21H,9-15H2,1-3H3,(H,22,24). The Morgan fingerprint density at radius 2 is 1.92 bits per heavy atom. The molecule has 2 atom stereocenters. The van der Waals surface area contributed by atoms with Gasteiger partial charge in [0.1, 0.15) is 0 Å². The van der Waals surface area contributed by atoms with Gasteiger partial charge in [0.25, 0.3) is 0 Å². The molecule has 1 fully saturated rings. The number of hydrogen-bond donors (Lipinski definition) is 2. The minimum Gasteiger partial charge on any atom is -0.352 e. The summed E-state index contributed by atoms with van der Waals surface area (Å²) in [5.41, 5.74) is 1.27. The lowest BCUT2D eigenvalue weighted by atomic mass is 9.84. The van der Waals surface area contributed by atoms with Crippen LogP contribution in [0.5, 0.6) is 0 Å². The predicted octanol–water partition coefficient (Wildman–Crippen LogP) is 2.30. The molecule has 2 N–H and O–H groups in total. The molecule has 1 amide bonds. The van der Waals surface area contributed by atoms with E-state index in [-0.39, 0.29) is 11.9 Å². The van der Waals surface area contributed by atoms with Gasteiger partial charge in [-0.05, 0) is 63.8 Å². The molecule has 4 heteroatoms. The molecule has 1 aliphatic rings. The Kier molecular flexibility index (Phi) is 7.73. The number of hydrogen-bond acceptors (Lipinski definition) is 3. The second-order valence-corrected chi connectivity index (χ2v) is 7.49. The van der Waals surface area contributed by atoms with E-state index < -0.39 is 0 Å². The van der Waals surface area contributed by atoms with Gasteiger partial charge >= 0.3 is 0 Å². The molecular weight excluding hydrogens is 298 g/mol. The van der Waals surface area contributed by atoms with Crippen LogP contribution in [0.2, 0.25) is 0 Å². The third-order valence-electron chi connectivity index (χ3n) is 4.97. The van der Waals surface area contributed by atoms with Crippen LogP contribution < -0.4 is 10.6 Å². The summed E-state index contributed by atoms with van der Waals surface area (Å²) in [6, 6.07) is 10.6. The van der Waals surface area contributed by atoms with Crippen LogP contribution in [-0.4, -0.2) is 50.6 Å². The number of benzene rings is 1. The van der Waals surface area contributed by atoms with Crippen LogP contribution >= 0.6 is 0 Å². The summed E-state index contributed by atoms with van der Waals surface area (Å²) >= 11 is 0. The number of rotatable bonds is 8. The first kappa shape index (κ1) is 18.9. The summed E-state index contributed by atoms with van der Waals surface area (Å²) in [4.78, 5) is 14.7. The molecule has 1 aliphatic heterocycles. The fourth-order valence-corrected chi connectivity index (χ4v) is 3.66. The van der Waals surface area contributed by atoms with E-state index in [4.69, 9.17) is 0 Å². The first-order valence-corrected chi connectivity index (χ1v) is 9.23. The van der Waals surface area contributed by atoms with Crippen LogP contribution in [0.4, 0.5) is 0 Å². The predicted molar refractivity (Wildman–Crippen MR) is 100 cm³/mol. The highest BCUT2D eigenvalue weighted by Crippen LogP contribution is 2.24. The summed E-state index contributed by atoms with van der Waals surface area (Å²) in [6.07, 6.45) is 3.91. The van der Waals surface area contributed by atoms with E-state index in [1.807, 2.05) is 6.07 Å². The van der Waals surface area contributed by atoms with Crippen molar-refractivity contribution in [3.8, 4) is 0 Å². The number of carbonyl (C=O) groups is 1. The number of piperidine rings is 1. The highest BCUT2D eigenvalue weighted by atomic mass is 16.1. The van der Waals surface area contributed by atoms with Gasteiger partial charge in [-0.2, -0.15) is 0 Å². The number of amides is 1. The van der Waals surface area contributed by atoms with E-state index in [1.54, 1.807) is 0 Å². The van der Waals surface area contributed by atoms with Gasteiger partial charge in [-0.15, -0.1) is 0 Å². The molecule has 0 aliphatic carbocycles. The van der Waals surface area contributed by atoms with Crippen molar-refractivity contribution >= 4 is 5.91 Å². The van der Waals surface area contributed by atoms with Gasteiger partial charge in [-0.1, -0.05) is 37.3 Å². The van der Waals surface area contributed by atoms with E-state index >= 15 is 0 Å². The van der Waals surface area contributed by atoms with Gasteiger partial charge < -0.3 is 15.5 Å². The van der Waals surface area contributed by atoms with Crippen molar-refractivity contribution in [1.29, 1.82) is 0 Å². The van der Waals surface area contributed by atoms with Gasteiger partial charge in [-0.25, -0.2) is 0 Å². The molecule has 1 aromatic carbocycles. The van der Waals surface area contributed by atoms with E-state index in [1.165, 1.54) is 18.4 Å². The zero-order valence-electron chi connectivity index (χ0n) is 15.4. The zero-order chi connectivity index (χ0) is 17.4. The molecule has 0 saturated carbocycles. The van der Waals surface area contributed by atoms with E-state index in [2.05, 4.69) is 60.8 Å². The topological polar surface area (TPSA) is 44.4 Å². The van der Waals surface area contributed by atoms with Crippen LogP contribution in [0.3, 0.4) is 0 Å². The van der Waals surface area contributed by atoms with Crippen LogP contribution in [0.15, 0.2) is 30.3 Å². The Morgan fingerprint density at radius 3 is 2.54 bits per heavy atom. The first-order valence-electron chi connectivity index (χ1n) is 9.23. The van der Waals surface area contributed by atoms with Gasteiger partial charge in [0.15, 0.2) is 0 Å². The zero-order valence-corrected chi connectivity index (χ0v) is 15.4. The van der Waals surface area contributed by atoms with Crippen LogP contribution in [0, 0.1) is 11.8 Å². The second-order valence-electron chi connectivity index (χ2n) is 7.49. The molecule has 0 radical (unpaired) electrons. The maximum atomic E-state index is 12.5. The number of nitrogens with zero attached hydrogens (tertiary/aromatic N) is 1. The SMILES string of the molecule is CC(CC(=O)NC(Cc1ccccc1)CN(C)C)C1CCNCC1. The first-order chi connectivity index (χ1) is 11.5. The molecule has 2 rings (SSSR count). The highest BCUT2D eigenvalue weighted by Gasteiger charge is 2.23. The molecular formula is C20H33N3O. The quantitative estimate of drug-likeness (QED) is 0.768. The second kappa shape index (κ2) is 9.80. The lowest BCUT2D eigenvalue weighted by Gasteiger charge is -2.29. The third-order valence-corrected chi connectivity index (χ3v) is 4.97. The van der Waals surface area contributed by atoms with Crippen molar-refractivity contribution in [2.45, 2.75) is 38.6 Å². The maximum Gasteiger partial charge on any atom is 0.220 e. The van der Waals surface area contributed by atoms with Crippen LogP contribution in [0.25, 0.3) is 0 Å². The number of likely N-dealkylation sites (N-methyl/N-ethyl adjacent to an activating group) is 1. The third kappa shape index (κ3) is 6.62. The molecule has 24 heavy (non-hydrogen) atoms. The molecule has 2 unspecified atom stereocenters. The number of nitrogens with one attached hydrogen (secondary N) is 2. The smallest absolute Gasteiger partial charge is 0.220 e. The van der Waals surface area contributed by atoms with Crippen molar-refractivity contribution in [2.75, 3.05) is 33.7 Å². The minimum atomic E-state index is 0.162. The van der Waals surface area contributed by atoms with E-state index in [0.717, 1.165) is 26.1 Å². The van der Waals surface area contributed by atoms with Crippen LogP contribution in [-0.2, 0) is 11.2 Å². The summed E-state index contributed by atoms with van der Waals surface area (Å²) in [7, 11) is 4.11. The average molecular weight is 332 g/mol. The Hall–Kier alpha value is -1.39. The Balaban J connectivity index is 1.86. The highest BCUT2D eigenvalue weighted by molar-refractivity contribution is 5.76. The summed E-state index contributed by atoms with van der Waals surface area (Å²) in [5.74, 6) is 1.34. The molecule has 1 saturated heterocycles. The van der Waals surface area contributed by atoms with Crippen molar-refractivity contribution in [1.82, 2.24) is 15.5 Å². The Labute approximate surface area is 147 Å². The van der Waals surface area contributed by atoms with Crippen molar-refractivity contribution in [2.24, 2.45) is 11.8 Å². The summed E-state index contributed by atoms with van der Waals surface area (Å²) in [6.45, 7) is 5.28. The van der Waals surface area contributed by atoms with E-state index in [0.29, 0.717) is 18.3 Å². The fraction of sp³-hybridized carbons (Fsp3) is 0.650. The summed E-state index contributed by atoms with van der Waals surface area (Å²) in [5, 5.41) is 6.67. The average Bonchev–Trinajstić information content (AvgIpc) is 2.55. The molecule has 4 nitrogen and oxygen atoms in total. The molecule has 134 valence electrons. The molecule has 0 bridgehead atoms. The van der Waals surface area contributed by atoms with Gasteiger partial charge in [0, 0.05) is 19.0 Å². The monoisotopic (exact) mass is 331 g/mol. The van der Waals surface area contributed by atoms with Crippen LogP contribution in [0.1, 0.15) is 31.7 Å². The van der Waals surface area contributed by atoms with Crippen molar-refractivity contribution in [3.05, 3.63) is 35.9 Å². The lowest BCUT2D eigenvalue weighted by Crippen LogP contribution is -2.44. The molecule has 1 heterocycles. The molecule has 0 spiro atoms. The molecule has 1 aromatic rings. The largest absolute Gasteiger partial charge is 0.352 e. The molecule has 0 aromatic heterocycles. The lowest BCUT2D eigenvalue weighted by molar-refractivity contribution is -0.123. The minimum absolute atomic E-state index is 0.162. The normalized spacial score (nSPS) is 18.3. The van der Waals surface area contributed by atoms with Gasteiger partial charge in [0.05, 0.1) is 0 Å². The van der Waals surface area contributed by atoms with Gasteiger partial charge in [-0.3, -0.25) is 4.79 Å². The van der Waals surface area contributed by atoms with Crippen molar-refractivity contribution < 1.29 is 4.79 Å². The Bertz CT molecular complexity index is 483. The van der Waals surface area contributed by atoms with E-state index in [9.17, 15) is 4.79 Å². The van der Waals surface area contributed by atoms with Gasteiger partial charge in [0.2, 0.25) is 5.91 Å². The fourth-order valence-electron chi connectivity index (χ4n) is 3.66. The number of carbonyl (C=O) groups excluding carboxylic acids is 1.